The van der Waals surface area contributed by atoms with Gasteiger partial charge in [-0.2, -0.15) is 0 Å². The lowest BCUT2D eigenvalue weighted by atomic mass is 10.4. The van der Waals surface area contributed by atoms with Gasteiger partial charge in [-0.05, 0) is 6.07 Å². The highest BCUT2D eigenvalue weighted by atomic mass is 16.3. The van der Waals surface area contributed by atoms with Gasteiger partial charge in [-0.3, -0.25) is 0 Å². The fraction of sp³-hybridized carbons (Fsp3) is 0.500. The van der Waals surface area contributed by atoms with Crippen LogP contribution in [0.1, 0.15) is 5.82 Å². The van der Waals surface area contributed by atoms with Gasteiger partial charge >= 0.3 is 0 Å². The van der Waals surface area contributed by atoms with Crippen LogP contribution in [0.4, 0.5) is 5.82 Å². The van der Waals surface area contributed by atoms with Gasteiger partial charge in [0.2, 0.25) is 0 Å². The molecule has 0 spiro atoms. The molecule has 0 atom stereocenters. The summed E-state index contributed by atoms with van der Waals surface area (Å²) in [5.74, 6) is 1.40. The van der Waals surface area contributed by atoms with Gasteiger partial charge in [0.15, 0.2) is 0 Å². The van der Waals surface area contributed by atoms with Crippen molar-refractivity contribution in [3.8, 4) is 0 Å². The van der Waals surface area contributed by atoms with Gasteiger partial charge < -0.3 is 15.7 Å². The van der Waals surface area contributed by atoms with Crippen LogP contribution >= 0.6 is 0 Å². The van der Waals surface area contributed by atoms with Crippen molar-refractivity contribution in [1.29, 1.82) is 0 Å². The average Bonchev–Trinajstić information content (AvgIpc) is 2.18. The molecule has 0 amide bonds. The molecule has 5 nitrogen and oxygen atoms in total. The van der Waals surface area contributed by atoms with Crippen LogP contribution in [0.5, 0.6) is 0 Å². The minimum absolute atomic E-state index is 0.110. The van der Waals surface area contributed by atoms with E-state index in [1.165, 1.54) is 0 Å². The minimum atomic E-state index is 0.110. The predicted molar refractivity (Wildman–Crippen MR) is 50.3 cm³/mol. The SMILES string of the molecule is CN(CCO)c1ccnc(CN)n1. The second-order valence-electron chi connectivity index (χ2n) is 2.68. The molecule has 5 heteroatoms. The van der Waals surface area contributed by atoms with Crippen molar-refractivity contribution >= 4 is 5.82 Å². The molecule has 1 aromatic heterocycles. The Kier molecular flexibility index (Phi) is 3.60. The van der Waals surface area contributed by atoms with E-state index in [0.29, 0.717) is 18.9 Å². The van der Waals surface area contributed by atoms with Crippen molar-refractivity contribution in [2.75, 3.05) is 25.1 Å². The van der Waals surface area contributed by atoms with Crippen LogP contribution in [0.25, 0.3) is 0 Å². The Hall–Kier alpha value is -1.20. The number of hydrogen-bond acceptors (Lipinski definition) is 5. The summed E-state index contributed by atoms with van der Waals surface area (Å²) in [6.45, 7) is 1.00. The smallest absolute Gasteiger partial charge is 0.144 e. The number of nitrogens with zero attached hydrogens (tertiary/aromatic N) is 3. The van der Waals surface area contributed by atoms with E-state index in [9.17, 15) is 0 Å². The lowest BCUT2D eigenvalue weighted by molar-refractivity contribution is 0.304. The summed E-state index contributed by atoms with van der Waals surface area (Å²) >= 11 is 0. The summed E-state index contributed by atoms with van der Waals surface area (Å²) in [6, 6.07) is 1.79. The lowest BCUT2D eigenvalue weighted by Gasteiger charge is -2.16. The first-order valence-electron chi connectivity index (χ1n) is 4.12. The Morgan fingerprint density at radius 1 is 1.62 bits per heavy atom. The second kappa shape index (κ2) is 4.74. The molecule has 0 saturated heterocycles. The van der Waals surface area contributed by atoms with Gasteiger partial charge in [0.1, 0.15) is 11.6 Å². The first-order chi connectivity index (χ1) is 6.27. The topological polar surface area (TPSA) is 75.3 Å². The number of hydrogen-bond donors (Lipinski definition) is 2. The normalized spacial score (nSPS) is 10.1. The van der Waals surface area contributed by atoms with E-state index in [4.69, 9.17) is 10.8 Å². The van der Waals surface area contributed by atoms with E-state index in [2.05, 4.69) is 9.97 Å². The molecule has 13 heavy (non-hydrogen) atoms. The first kappa shape index (κ1) is 9.88. The highest BCUT2D eigenvalue weighted by molar-refractivity contribution is 5.35. The Bertz CT molecular complexity index is 266. The third-order valence-electron chi connectivity index (χ3n) is 1.70. The summed E-state index contributed by atoms with van der Waals surface area (Å²) in [6.07, 6.45) is 1.67. The lowest BCUT2D eigenvalue weighted by Crippen LogP contribution is -2.22. The predicted octanol–water partition coefficient (Wildman–Crippen LogP) is -0.636. The highest BCUT2D eigenvalue weighted by Crippen LogP contribution is 2.06. The zero-order valence-corrected chi connectivity index (χ0v) is 7.64. The molecule has 1 heterocycles. The van der Waals surface area contributed by atoms with Gasteiger partial charge in [0.05, 0.1) is 13.2 Å². The van der Waals surface area contributed by atoms with E-state index in [0.717, 1.165) is 5.82 Å². The second-order valence-corrected chi connectivity index (χ2v) is 2.68. The molecule has 0 saturated carbocycles. The number of likely N-dealkylation sites (N-methyl/N-ethyl adjacent to an activating group) is 1. The van der Waals surface area contributed by atoms with Crippen molar-refractivity contribution in [2.45, 2.75) is 6.54 Å². The Morgan fingerprint density at radius 3 is 3.00 bits per heavy atom. The Balaban J connectivity index is 2.75. The van der Waals surface area contributed by atoms with Gasteiger partial charge in [0, 0.05) is 19.8 Å². The number of rotatable bonds is 4. The monoisotopic (exact) mass is 182 g/mol. The molecule has 0 aromatic carbocycles. The van der Waals surface area contributed by atoms with Crippen LogP contribution in [-0.2, 0) is 6.54 Å². The van der Waals surface area contributed by atoms with E-state index in [1.54, 1.807) is 12.3 Å². The standard InChI is InChI=1S/C8H14N4O/c1-12(4-5-13)8-2-3-10-7(6-9)11-8/h2-3,13H,4-6,9H2,1H3. The van der Waals surface area contributed by atoms with Crippen molar-refractivity contribution in [3.05, 3.63) is 18.1 Å². The molecular weight excluding hydrogens is 168 g/mol. The van der Waals surface area contributed by atoms with Gasteiger partial charge in [0.25, 0.3) is 0 Å². The summed E-state index contributed by atoms with van der Waals surface area (Å²) in [4.78, 5) is 10.0. The number of aromatic nitrogens is 2. The Labute approximate surface area is 77.2 Å². The Morgan fingerprint density at radius 2 is 2.38 bits per heavy atom. The zero-order valence-electron chi connectivity index (χ0n) is 7.64. The fourth-order valence-corrected chi connectivity index (χ4v) is 0.964. The summed E-state index contributed by atoms with van der Waals surface area (Å²) in [5.41, 5.74) is 5.40. The van der Waals surface area contributed by atoms with Crippen LogP contribution in [-0.4, -0.2) is 35.3 Å². The third kappa shape index (κ3) is 2.64. The summed E-state index contributed by atoms with van der Waals surface area (Å²) < 4.78 is 0. The third-order valence-corrected chi connectivity index (χ3v) is 1.70. The molecule has 1 rings (SSSR count). The van der Waals surface area contributed by atoms with Crippen LogP contribution in [0, 0.1) is 0 Å². The van der Waals surface area contributed by atoms with Crippen LogP contribution in [0.3, 0.4) is 0 Å². The maximum absolute atomic E-state index is 8.71. The van der Waals surface area contributed by atoms with E-state index >= 15 is 0 Å². The average molecular weight is 182 g/mol. The molecule has 0 aliphatic heterocycles. The molecule has 0 radical (unpaired) electrons. The summed E-state index contributed by atoms with van der Waals surface area (Å²) in [5, 5.41) is 8.71. The van der Waals surface area contributed by atoms with Crippen molar-refractivity contribution in [2.24, 2.45) is 5.73 Å². The maximum Gasteiger partial charge on any atom is 0.144 e. The zero-order chi connectivity index (χ0) is 9.68. The number of aliphatic hydroxyl groups is 1. The highest BCUT2D eigenvalue weighted by Gasteiger charge is 2.02. The van der Waals surface area contributed by atoms with Crippen LogP contribution in [0.15, 0.2) is 12.3 Å². The van der Waals surface area contributed by atoms with Crippen LogP contribution < -0.4 is 10.6 Å². The quantitative estimate of drug-likeness (QED) is 0.648. The van der Waals surface area contributed by atoms with Crippen LogP contribution in [0.2, 0.25) is 0 Å². The molecule has 0 aliphatic carbocycles. The van der Waals surface area contributed by atoms with Gasteiger partial charge in [-0.25, -0.2) is 9.97 Å². The number of aliphatic hydroxyl groups excluding tert-OH is 1. The molecule has 1 aromatic rings. The number of nitrogens with two attached hydrogens (primary N) is 1. The molecule has 0 fully saturated rings. The molecule has 72 valence electrons. The first-order valence-corrected chi connectivity index (χ1v) is 4.12. The maximum atomic E-state index is 8.71. The minimum Gasteiger partial charge on any atom is -0.395 e. The van der Waals surface area contributed by atoms with E-state index in [1.807, 2.05) is 11.9 Å². The number of anilines is 1. The van der Waals surface area contributed by atoms with Crippen molar-refractivity contribution in [1.82, 2.24) is 9.97 Å². The van der Waals surface area contributed by atoms with E-state index in [-0.39, 0.29) is 6.61 Å². The molecule has 3 N–H and O–H groups in total. The van der Waals surface area contributed by atoms with E-state index < -0.39 is 0 Å². The van der Waals surface area contributed by atoms with Crippen molar-refractivity contribution < 1.29 is 5.11 Å². The fourth-order valence-electron chi connectivity index (χ4n) is 0.964. The molecular formula is C8H14N4O. The molecule has 0 unspecified atom stereocenters. The molecule has 0 aliphatic rings. The molecule has 0 bridgehead atoms. The summed E-state index contributed by atoms with van der Waals surface area (Å²) in [7, 11) is 1.86. The van der Waals surface area contributed by atoms with Gasteiger partial charge in [-0.1, -0.05) is 0 Å². The van der Waals surface area contributed by atoms with Gasteiger partial charge in [-0.15, -0.1) is 0 Å². The largest absolute Gasteiger partial charge is 0.395 e. The van der Waals surface area contributed by atoms with Crippen molar-refractivity contribution in [3.63, 3.8) is 0 Å².